The number of nitrogens with zero attached hydrogens (tertiary/aromatic N) is 1. The third-order valence-electron chi connectivity index (χ3n) is 6.76. The molecule has 1 unspecified atom stereocenters. The van der Waals surface area contributed by atoms with Crippen LogP contribution in [-0.4, -0.2) is 22.6 Å². The lowest BCUT2D eigenvalue weighted by atomic mass is 10.1. The van der Waals surface area contributed by atoms with Gasteiger partial charge < -0.3 is 16.0 Å². The highest BCUT2D eigenvalue weighted by Gasteiger charge is 2.23. The van der Waals surface area contributed by atoms with Gasteiger partial charge in [0.15, 0.2) is 0 Å². The van der Waals surface area contributed by atoms with Gasteiger partial charge in [0.2, 0.25) is 5.91 Å². The van der Waals surface area contributed by atoms with Gasteiger partial charge in [0.25, 0.3) is 17.5 Å². The summed E-state index contributed by atoms with van der Waals surface area (Å²) in [5.41, 5.74) is 2.20. The van der Waals surface area contributed by atoms with Crippen LogP contribution in [0.3, 0.4) is 0 Å². The Bertz CT molecular complexity index is 1970. The monoisotopic (exact) mass is 696 g/mol. The number of non-ortho nitro benzene ring substituents is 1. The molecule has 3 amide bonds. The van der Waals surface area contributed by atoms with Crippen molar-refractivity contribution in [2.24, 2.45) is 0 Å². The summed E-state index contributed by atoms with van der Waals surface area (Å²) in [6.07, 6.45) is 1.43. The van der Waals surface area contributed by atoms with Gasteiger partial charge in [0.1, 0.15) is 10.9 Å². The van der Waals surface area contributed by atoms with Crippen LogP contribution in [0, 0.1) is 10.1 Å². The highest BCUT2D eigenvalue weighted by atomic mass is 35.5. The quantitative estimate of drug-likeness (QED) is 0.0548. The second kappa shape index (κ2) is 15.9. The molecular weight excluding hydrogens is 671 g/mol. The van der Waals surface area contributed by atoms with E-state index < -0.39 is 22.0 Å². The van der Waals surface area contributed by atoms with E-state index in [9.17, 15) is 24.5 Å². The maximum absolute atomic E-state index is 13.6. The van der Waals surface area contributed by atoms with Gasteiger partial charge in [-0.05, 0) is 77.9 Å². The van der Waals surface area contributed by atoms with Crippen molar-refractivity contribution in [3.63, 3.8) is 0 Å². The number of carbonyl (C=O) groups is 3. The smallest absolute Gasteiger partial charge is 0.272 e. The molecule has 0 aliphatic heterocycles. The minimum Gasteiger partial charge on any atom is -0.325 e. The summed E-state index contributed by atoms with van der Waals surface area (Å²) in [5.74, 6) is -1.45. The lowest BCUT2D eigenvalue weighted by Gasteiger charge is -2.18. The SMILES string of the molecule is O=C(Nc1cccc(SC(C(=O)Nc2cc(Cl)cc(Cl)c2)c2ccccc2)c1)/C(=C\c1ccc([N+](=O)[O-])cc1)NC(=O)c1ccccc1. The summed E-state index contributed by atoms with van der Waals surface area (Å²) in [7, 11) is 0. The van der Waals surface area contributed by atoms with Gasteiger partial charge in [-0.15, -0.1) is 11.8 Å². The molecular formula is C36H26Cl2N4O5S. The van der Waals surface area contributed by atoms with Crippen LogP contribution in [0.25, 0.3) is 6.08 Å². The molecule has 48 heavy (non-hydrogen) atoms. The number of nitro groups is 1. The Hall–Kier alpha value is -5.42. The molecule has 9 nitrogen and oxygen atoms in total. The summed E-state index contributed by atoms with van der Waals surface area (Å²) in [6, 6.07) is 34.9. The first-order chi connectivity index (χ1) is 23.1. The summed E-state index contributed by atoms with van der Waals surface area (Å²) in [4.78, 5) is 51.4. The van der Waals surface area contributed by atoms with Gasteiger partial charge in [-0.1, -0.05) is 77.8 Å². The van der Waals surface area contributed by atoms with Gasteiger partial charge in [-0.25, -0.2) is 0 Å². The van der Waals surface area contributed by atoms with Crippen molar-refractivity contribution >= 4 is 75.8 Å². The maximum Gasteiger partial charge on any atom is 0.272 e. The van der Waals surface area contributed by atoms with Gasteiger partial charge >= 0.3 is 0 Å². The summed E-state index contributed by atoms with van der Waals surface area (Å²) in [6.45, 7) is 0. The van der Waals surface area contributed by atoms with E-state index in [2.05, 4.69) is 16.0 Å². The molecule has 3 N–H and O–H groups in total. The Morgan fingerprint density at radius 2 is 1.38 bits per heavy atom. The van der Waals surface area contributed by atoms with Crippen LogP contribution in [0.5, 0.6) is 0 Å². The maximum atomic E-state index is 13.6. The molecule has 5 rings (SSSR count). The predicted octanol–water partition coefficient (Wildman–Crippen LogP) is 8.78. The van der Waals surface area contributed by atoms with Gasteiger partial charge in [-0.3, -0.25) is 24.5 Å². The van der Waals surface area contributed by atoms with E-state index in [-0.39, 0.29) is 17.3 Å². The molecule has 0 heterocycles. The number of thioether (sulfide) groups is 1. The number of benzene rings is 5. The third kappa shape index (κ3) is 9.32. The molecule has 5 aromatic carbocycles. The Morgan fingerprint density at radius 1 is 0.729 bits per heavy atom. The van der Waals surface area contributed by atoms with E-state index in [1.165, 1.54) is 42.1 Å². The summed E-state index contributed by atoms with van der Waals surface area (Å²) < 4.78 is 0. The van der Waals surface area contributed by atoms with Crippen LogP contribution < -0.4 is 16.0 Å². The molecule has 0 aromatic heterocycles. The number of carbonyl (C=O) groups excluding carboxylic acids is 3. The second-order valence-electron chi connectivity index (χ2n) is 10.3. The van der Waals surface area contributed by atoms with Crippen LogP contribution in [0.1, 0.15) is 26.7 Å². The number of rotatable bonds is 11. The van der Waals surface area contributed by atoms with Crippen LogP contribution >= 0.6 is 35.0 Å². The number of hydrogen-bond acceptors (Lipinski definition) is 6. The number of halogens is 2. The molecule has 240 valence electrons. The lowest BCUT2D eigenvalue weighted by Crippen LogP contribution is -2.30. The molecule has 0 saturated heterocycles. The van der Waals surface area contributed by atoms with Crippen molar-refractivity contribution in [1.82, 2.24) is 5.32 Å². The van der Waals surface area contributed by atoms with Crippen LogP contribution in [0.15, 0.2) is 138 Å². The van der Waals surface area contributed by atoms with Gasteiger partial charge in [0, 0.05) is 44.0 Å². The second-order valence-corrected chi connectivity index (χ2v) is 12.3. The molecule has 1 atom stereocenters. The van der Waals surface area contributed by atoms with E-state index >= 15 is 0 Å². The number of amides is 3. The number of hydrogen-bond donors (Lipinski definition) is 3. The zero-order chi connectivity index (χ0) is 34.0. The molecule has 0 fully saturated rings. The molecule has 12 heteroatoms. The fourth-order valence-electron chi connectivity index (χ4n) is 4.52. The van der Waals surface area contributed by atoms with Crippen molar-refractivity contribution in [3.8, 4) is 0 Å². The molecule has 0 radical (unpaired) electrons. The first-order valence-corrected chi connectivity index (χ1v) is 16.0. The van der Waals surface area contributed by atoms with Crippen LogP contribution in [0.2, 0.25) is 10.0 Å². The molecule has 0 aliphatic rings. The van der Waals surface area contributed by atoms with Crippen molar-refractivity contribution in [3.05, 3.63) is 170 Å². The Balaban J connectivity index is 1.38. The standard InChI is InChI=1S/C36H26Cl2N4O5S/c37-26-19-27(38)21-29(20-26)40-36(45)33(24-8-3-1-4-9-24)48-31-13-7-12-28(22-31)39-35(44)32(41-34(43)25-10-5-2-6-11-25)18-23-14-16-30(17-15-23)42(46)47/h1-22,33H,(H,39,44)(H,40,45)(H,41,43)/b32-18+. The molecule has 0 spiro atoms. The van der Waals surface area contributed by atoms with E-state index in [1.54, 1.807) is 66.7 Å². The molecule has 0 saturated carbocycles. The van der Waals surface area contributed by atoms with E-state index in [0.29, 0.717) is 37.4 Å². The number of anilines is 2. The highest BCUT2D eigenvalue weighted by molar-refractivity contribution is 8.00. The molecule has 0 bridgehead atoms. The molecule has 5 aromatic rings. The largest absolute Gasteiger partial charge is 0.325 e. The first kappa shape index (κ1) is 33.9. The van der Waals surface area contributed by atoms with Gasteiger partial charge in [-0.2, -0.15) is 0 Å². The van der Waals surface area contributed by atoms with Crippen molar-refractivity contribution in [2.45, 2.75) is 10.1 Å². The Kier molecular flexibility index (Phi) is 11.3. The first-order valence-electron chi connectivity index (χ1n) is 14.4. The number of nitro benzene ring substituents is 1. The summed E-state index contributed by atoms with van der Waals surface area (Å²) >= 11 is 13.5. The van der Waals surface area contributed by atoms with Crippen molar-refractivity contribution in [2.75, 3.05) is 10.6 Å². The van der Waals surface area contributed by atoms with Crippen LogP contribution in [0.4, 0.5) is 17.1 Å². The fourth-order valence-corrected chi connectivity index (χ4v) is 6.13. The van der Waals surface area contributed by atoms with E-state index in [0.717, 1.165) is 5.56 Å². The zero-order valence-corrected chi connectivity index (χ0v) is 27.3. The minimum atomic E-state index is -0.683. The summed E-state index contributed by atoms with van der Waals surface area (Å²) in [5, 5.41) is 19.5. The molecule has 0 aliphatic carbocycles. The fraction of sp³-hybridized carbons (Fsp3) is 0.0278. The topological polar surface area (TPSA) is 130 Å². The third-order valence-corrected chi connectivity index (χ3v) is 8.44. The Morgan fingerprint density at radius 3 is 2.02 bits per heavy atom. The average Bonchev–Trinajstić information content (AvgIpc) is 3.07. The number of nitrogens with one attached hydrogen (secondary N) is 3. The van der Waals surface area contributed by atoms with Gasteiger partial charge in [0.05, 0.1) is 4.92 Å². The predicted molar refractivity (Wildman–Crippen MR) is 190 cm³/mol. The van der Waals surface area contributed by atoms with Crippen LogP contribution in [-0.2, 0) is 9.59 Å². The minimum absolute atomic E-state index is 0.0857. The van der Waals surface area contributed by atoms with Crippen molar-refractivity contribution in [1.29, 1.82) is 0 Å². The van der Waals surface area contributed by atoms with E-state index in [1.807, 2.05) is 36.4 Å². The van der Waals surface area contributed by atoms with Crippen molar-refractivity contribution < 1.29 is 19.3 Å². The average molecular weight is 698 g/mol. The zero-order valence-electron chi connectivity index (χ0n) is 24.9. The lowest BCUT2D eigenvalue weighted by molar-refractivity contribution is -0.384. The normalized spacial score (nSPS) is 11.7. The highest BCUT2D eigenvalue weighted by Crippen LogP contribution is 2.37. The van der Waals surface area contributed by atoms with E-state index in [4.69, 9.17) is 23.2 Å². The Labute approximate surface area is 290 Å².